The summed E-state index contributed by atoms with van der Waals surface area (Å²) >= 11 is 0. The molecular weight excluding hydrogens is 464 g/mol. The number of carbonyl (C=O) groups is 1. The van der Waals surface area contributed by atoms with Gasteiger partial charge in [-0.25, -0.2) is 13.1 Å². The van der Waals surface area contributed by atoms with E-state index >= 15 is 0 Å². The molecule has 35 heavy (non-hydrogen) atoms. The van der Waals surface area contributed by atoms with Gasteiger partial charge in [-0.3, -0.25) is 4.79 Å². The van der Waals surface area contributed by atoms with Gasteiger partial charge >= 0.3 is 0 Å². The zero-order chi connectivity index (χ0) is 25.1. The minimum absolute atomic E-state index is 0.0168. The second-order valence-electron chi connectivity index (χ2n) is 9.04. The minimum Gasteiger partial charge on any atom is -0.338 e. The molecule has 0 fully saturated rings. The Morgan fingerprint density at radius 3 is 2.31 bits per heavy atom. The molecule has 0 radical (unpaired) electrons. The van der Waals surface area contributed by atoms with Gasteiger partial charge in [-0.1, -0.05) is 62.3 Å². The lowest BCUT2D eigenvalue weighted by Gasteiger charge is -2.10. The fourth-order valence-corrected chi connectivity index (χ4v) is 4.28. The van der Waals surface area contributed by atoms with Gasteiger partial charge in [0, 0.05) is 28.8 Å². The van der Waals surface area contributed by atoms with E-state index in [1.807, 2.05) is 51.1 Å². The number of carbonyl (C=O) groups excluding carboxylic acids is 1. The molecule has 1 aromatic heterocycles. The van der Waals surface area contributed by atoms with Crippen LogP contribution in [0.4, 0.5) is 5.69 Å². The molecule has 3 aromatic carbocycles. The molecule has 0 saturated carbocycles. The monoisotopic (exact) mass is 490 g/mol. The Balaban J connectivity index is 1.44. The van der Waals surface area contributed by atoms with Crippen LogP contribution in [0.2, 0.25) is 0 Å². The molecule has 0 atom stereocenters. The maximum Gasteiger partial charge on any atom is 0.255 e. The molecular formula is C26H26N4O4S. The number of hydrogen-bond donors (Lipinski definition) is 2. The lowest BCUT2D eigenvalue weighted by molar-refractivity contribution is 0.102. The highest BCUT2D eigenvalue weighted by molar-refractivity contribution is 7.89. The Kier molecular flexibility index (Phi) is 6.81. The Bertz CT molecular complexity index is 1420. The molecule has 0 spiro atoms. The summed E-state index contributed by atoms with van der Waals surface area (Å²) in [6.07, 6.45) is 0. The number of rotatable bonds is 7. The smallest absolute Gasteiger partial charge is 0.255 e. The number of benzene rings is 3. The first-order valence-corrected chi connectivity index (χ1v) is 12.5. The van der Waals surface area contributed by atoms with Gasteiger partial charge in [-0.2, -0.15) is 4.98 Å². The van der Waals surface area contributed by atoms with Crippen molar-refractivity contribution in [1.82, 2.24) is 14.9 Å². The maximum atomic E-state index is 12.8. The fraction of sp³-hybridized carbons (Fsp3) is 0.192. The van der Waals surface area contributed by atoms with E-state index in [0.717, 1.165) is 11.1 Å². The van der Waals surface area contributed by atoms with Gasteiger partial charge in [0.1, 0.15) is 0 Å². The number of anilines is 1. The van der Waals surface area contributed by atoms with Crippen molar-refractivity contribution in [3.05, 3.63) is 95.9 Å². The summed E-state index contributed by atoms with van der Waals surface area (Å²) in [5, 5.41) is 6.81. The molecule has 8 nitrogen and oxygen atoms in total. The molecule has 0 saturated heterocycles. The highest BCUT2D eigenvalue weighted by Gasteiger charge is 2.22. The molecule has 0 bridgehead atoms. The summed E-state index contributed by atoms with van der Waals surface area (Å²) in [6.45, 7) is 6.12. The Morgan fingerprint density at radius 2 is 1.66 bits per heavy atom. The van der Waals surface area contributed by atoms with Crippen LogP contribution in [0.15, 0.2) is 88.3 Å². The van der Waals surface area contributed by atoms with Crippen molar-refractivity contribution in [2.24, 2.45) is 0 Å². The van der Waals surface area contributed by atoms with E-state index in [2.05, 4.69) is 20.2 Å². The second kappa shape index (κ2) is 9.81. The van der Waals surface area contributed by atoms with Gasteiger partial charge in [0.2, 0.25) is 21.7 Å². The molecule has 0 aliphatic carbocycles. The zero-order valence-corrected chi connectivity index (χ0v) is 20.5. The summed E-state index contributed by atoms with van der Waals surface area (Å²) in [5.41, 5.74) is 2.11. The molecule has 2 N–H and O–H groups in total. The van der Waals surface area contributed by atoms with Gasteiger partial charge in [0.25, 0.3) is 5.91 Å². The first-order valence-electron chi connectivity index (χ1n) is 11.0. The largest absolute Gasteiger partial charge is 0.338 e. The van der Waals surface area contributed by atoms with Crippen molar-refractivity contribution in [3.63, 3.8) is 0 Å². The first kappa shape index (κ1) is 24.3. The molecule has 4 rings (SSSR count). The van der Waals surface area contributed by atoms with Crippen molar-refractivity contribution in [3.8, 4) is 11.4 Å². The first-order chi connectivity index (χ1) is 16.6. The summed E-state index contributed by atoms with van der Waals surface area (Å²) in [6, 6.07) is 22.1. The van der Waals surface area contributed by atoms with Gasteiger partial charge in [0.15, 0.2) is 0 Å². The molecule has 1 amide bonds. The van der Waals surface area contributed by atoms with Crippen molar-refractivity contribution in [1.29, 1.82) is 0 Å². The standard InChI is InChI=1S/C26H26N4O4S/c1-26(2,3)25-29-23(30-34-25)19-12-14-21(15-13-19)28-24(31)20-10-7-11-22(16-20)35(32,33)27-17-18-8-5-4-6-9-18/h4-16,27H,17H2,1-3H3,(H,28,31). The number of nitrogens with one attached hydrogen (secondary N) is 2. The number of hydrogen-bond acceptors (Lipinski definition) is 6. The summed E-state index contributed by atoms with van der Waals surface area (Å²) in [7, 11) is -3.79. The van der Waals surface area contributed by atoms with E-state index in [4.69, 9.17) is 4.52 Å². The molecule has 4 aromatic rings. The van der Waals surface area contributed by atoms with E-state index in [-0.39, 0.29) is 22.4 Å². The molecule has 180 valence electrons. The number of aromatic nitrogens is 2. The van der Waals surface area contributed by atoms with Gasteiger partial charge in [-0.05, 0) is 48.0 Å². The molecule has 9 heteroatoms. The third kappa shape index (κ3) is 6.00. The molecule has 0 unspecified atom stereocenters. The fourth-order valence-electron chi connectivity index (χ4n) is 3.21. The van der Waals surface area contributed by atoms with E-state index in [9.17, 15) is 13.2 Å². The average molecular weight is 491 g/mol. The van der Waals surface area contributed by atoms with Crippen LogP contribution < -0.4 is 10.0 Å². The third-order valence-corrected chi connectivity index (χ3v) is 6.58. The SMILES string of the molecule is CC(C)(C)c1nc(-c2ccc(NC(=O)c3cccc(S(=O)(=O)NCc4ccccc4)c3)cc2)no1. The van der Waals surface area contributed by atoms with E-state index in [1.54, 1.807) is 30.3 Å². The number of amides is 1. The zero-order valence-electron chi connectivity index (χ0n) is 19.6. The van der Waals surface area contributed by atoms with E-state index in [1.165, 1.54) is 18.2 Å². The van der Waals surface area contributed by atoms with Crippen LogP contribution in [0.25, 0.3) is 11.4 Å². The van der Waals surface area contributed by atoms with Crippen LogP contribution in [0.5, 0.6) is 0 Å². The summed E-state index contributed by atoms with van der Waals surface area (Å²) in [4.78, 5) is 17.2. The summed E-state index contributed by atoms with van der Waals surface area (Å²) < 4.78 is 33.3. The lowest BCUT2D eigenvalue weighted by atomic mass is 9.97. The van der Waals surface area contributed by atoms with Crippen molar-refractivity contribution < 1.29 is 17.7 Å². The minimum atomic E-state index is -3.79. The predicted molar refractivity (Wildman–Crippen MR) is 133 cm³/mol. The Hall–Kier alpha value is -3.82. The Morgan fingerprint density at radius 1 is 0.943 bits per heavy atom. The Labute approximate surface area is 204 Å². The molecule has 0 aliphatic heterocycles. The van der Waals surface area contributed by atoms with Gasteiger partial charge in [0.05, 0.1) is 4.90 Å². The second-order valence-corrected chi connectivity index (χ2v) is 10.8. The molecule has 0 aliphatic rings. The van der Waals surface area contributed by atoms with Crippen molar-refractivity contribution >= 4 is 21.6 Å². The highest BCUT2D eigenvalue weighted by Crippen LogP contribution is 2.25. The van der Waals surface area contributed by atoms with E-state index in [0.29, 0.717) is 17.4 Å². The predicted octanol–water partition coefficient (Wildman–Crippen LogP) is 4.76. The van der Waals surface area contributed by atoms with Gasteiger partial charge < -0.3 is 9.84 Å². The van der Waals surface area contributed by atoms with Crippen LogP contribution in [-0.4, -0.2) is 24.5 Å². The summed E-state index contributed by atoms with van der Waals surface area (Å²) in [5.74, 6) is 0.583. The van der Waals surface area contributed by atoms with Crippen LogP contribution in [0.3, 0.4) is 0 Å². The van der Waals surface area contributed by atoms with Crippen LogP contribution >= 0.6 is 0 Å². The third-order valence-electron chi connectivity index (χ3n) is 5.18. The van der Waals surface area contributed by atoms with Crippen LogP contribution in [0, 0.1) is 0 Å². The normalized spacial score (nSPS) is 11.9. The topological polar surface area (TPSA) is 114 Å². The van der Waals surface area contributed by atoms with Crippen molar-refractivity contribution in [2.45, 2.75) is 37.6 Å². The highest BCUT2D eigenvalue weighted by atomic mass is 32.2. The number of sulfonamides is 1. The van der Waals surface area contributed by atoms with Crippen LogP contribution in [-0.2, 0) is 22.0 Å². The van der Waals surface area contributed by atoms with E-state index < -0.39 is 15.9 Å². The van der Waals surface area contributed by atoms with Crippen LogP contribution in [0.1, 0.15) is 42.6 Å². The average Bonchev–Trinajstić information content (AvgIpc) is 3.35. The maximum absolute atomic E-state index is 12.8. The lowest BCUT2D eigenvalue weighted by Crippen LogP contribution is -2.23. The van der Waals surface area contributed by atoms with Gasteiger partial charge in [-0.15, -0.1) is 0 Å². The number of nitrogens with zero attached hydrogens (tertiary/aromatic N) is 2. The quantitative estimate of drug-likeness (QED) is 0.386. The van der Waals surface area contributed by atoms with Crippen molar-refractivity contribution in [2.75, 3.05) is 5.32 Å². The molecule has 1 heterocycles.